The van der Waals surface area contributed by atoms with Crippen LogP contribution in [0.1, 0.15) is 22.3 Å². The molecule has 0 unspecified atom stereocenters. The van der Waals surface area contributed by atoms with Crippen molar-refractivity contribution in [2.75, 3.05) is 20.6 Å². The van der Waals surface area contributed by atoms with Crippen LogP contribution in [0, 0.1) is 6.92 Å². The van der Waals surface area contributed by atoms with Gasteiger partial charge >= 0.3 is 0 Å². The van der Waals surface area contributed by atoms with Gasteiger partial charge in [-0.05, 0) is 40.5 Å². The van der Waals surface area contributed by atoms with E-state index in [0.29, 0.717) is 4.47 Å². The number of aromatic hydroxyl groups is 1. The lowest BCUT2D eigenvalue weighted by Gasteiger charge is -2.11. The van der Waals surface area contributed by atoms with Gasteiger partial charge in [0.05, 0.1) is 10.0 Å². The molecule has 0 saturated carbocycles. The zero-order valence-electron chi connectivity index (χ0n) is 11.2. The Morgan fingerprint density at radius 3 is 2.58 bits per heavy atom. The Balaban J connectivity index is 2.67. The minimum atomic E-state index is -0.395. The largest absolute Gasteiger partial charge is 0.506 e. The smallest absolute Gasteiger partial charge is 0.255 e. The zero-order chi connectivity index (χ0) is 14.6. The molecule has 0 fully saturated rings. The molecule has 0 radical (unpaired) electrons. The molecule has 1 rings (SSSR count). The first kappa shape index (κ1) is 15.5. The van der Waals surface area contributed by atoms with E-state index in [1.165, 1.54) is 4.90 Å². The van der Waals surface area contributed by atoms with Gasteiger partial charge in [-0.15, -0.1) is 0 Å². The van der Waals surface area contributed by atoms with E-state index in [-0.39, 0.29) is 30.2 Å². The number of benzene rings is 1. The summed E-state index contributed by atoms with van der Waals surface area (Å²) in [5.41, 5.74) is 1.06. The topological polar surface area (TPSA) is 69.6 Å². The maximum Gasteiger partial charge on any atom is 0.255 e. The Morgan fingerprint density at radius 2 is 2.00 bits per heavy atom. The number of phenolic OH excluding ortho intramolecular Hbond substituents is 1. The third-order valence-electron chi connectivity index (χ3n) is 2.58. The Morgan fingerprint density at radius 1 is 1.37 bits per heavy atom. The summed E-state index contributed by atoms with van der Waals surface area (Å²) in [5.74, 6) is -0.551. The van der Waals surface area contributed by atoms with E-state index in [4.69, 9.17) is 0 Å². The van der Waals surface area contributed by atoms with Crippen LogP contribution in [0.3, 0.4) is 0 Å². The van der Waals surface area contributed by atoms with Gasteiger partial charge in [0.1, 0.15) is 5.75 Å². The molecule has 0 aliphatic carbocycles. The normalized spacial score (nSPS) is 10.1. The van der Waals surface area contributed by atoms with Gasteiger partial charge in [0.15, 0.2) is 0 Å². The van der Waals surface area contributed by atoms with E-state index in [0.717, 1.165) is 5.56 Å². The summed E-state index contributed by atoms with van der Waals surface area (Å²) >= 11 is 3.18. The highest BCUT2D eigenvalue weighted by Crippen LogP contribution is 2.29. The lowest BCUT2D eigenvalue weighted by molar-refractivity contribution is -0.128. The Labute approximate surface area is 120 Å². The fourth-order valence-corrected chi connectivity index (χ4v) is 2.08. The number of aryl methyl sites for hydroxylation is 1. The first-order valence-corrected chi connectivity index (χ1v) is 6.59. The summed E-state index contributed by atoms with van der Waals surface area (Å²) in [5, 5.41) is 12.4. The minimum absolute atomic E-state index is 0.0602. The van der Waals surface area contributed by atoms with Gasteiger partial charge in [-0.2, -0.15) is 0 Å². The van der Waals surface area contributed by atoms with Crippen LogP contribution in [0.15, 0.2) is 16.6 Å². The van der Waals surface area contributed by atoms with Crippen molar-refractivity contribution in [1.29, 1.82) is 0 Å². The molecule has 0 aliphatic rings. The molecule has 0 aromatic heterocycles. The first-order valence-electron chi connectivity index (χ1n) is 5.80. The van der Waals surface area contributed by atoms with Crippen LogP contribution in [0.4, 0.5) is 0 Å². The standard InChI is InChI=1S/C13H17BrN2O3/c1-8-6-9(12(18)10(14)7-8)13(19)15-5-4-11(17)16(2)3/h6-7,18H,4-5H2,1-3H3,(H,15,19). The van der Waals surface area contributed by atoms with Crippen LogP contribution in [-0.4, -0.2) is 42.5 Å². The second kappa shape index (κ2) is 6.56. The molecular formula is C13H17BrN2O3. The number of halogens is 1. The summed E-state index contributed by atoms with van der Waals surface area (Å²) in [6.45, 7) is 2.07. The summed E-state index contributed by atoms with van der Waals surface area (Å²) in [7, 11) is 3.32. The fourth-order valence-electron chi connectivity index (χ4n) is 1.51. The molecule has 5 nitrogen and oxygen atoms in total. The lowest BCUT2D eigenvalue weighted by Crippen LogP contribution is -2.30. The number of phenols is 1. The van der Waals surface area contributed by atoms with Crippen LogP contribution in [0.25, 0.3) is 0 Å². The molecule has 2 N–H and O–H groups in total. The third kappa shape index (κ3) is 4.24. The van der Waals surface area contributed by atoms with E-state index in [1.54, 1.807) is 26.2 Å². The summed E-state index contributed by atoms with van der Waals surface area (Å²) in [4.78, 5) is 24.7. The molecule has 0 atom stereocenters. The molecule has 0 spiro atoms. The Kier molecular flexibility index (Phi) is 5.35. The summed E-state index contributed by atoms with van der Waals surface area (Å²) in [6.07, 6.45) is 0.229. The molecule has 0 aliphatic heterocycles. The van der Waals surface area contributed by atoms with Crippen LogP contribution in [0.2, 0.25) is 0 Å². The van der Waals surface area contributed by atoms with Crippen molar-refractivity contribution in [1.82, 2.24) is 10.2 Å². The van der Waals surface area contributed by atoms with Crippen molar-refractivity contribution < 1.29 is 14.7 Å². The highest BCUT2D eigenvalue weighted by atomic mass is 79.9. The molecule has 104 valence electrons. The van der Waals surface area contributed by atoms with Crippen molar-refractivity contribution in [2.24, 2.45) is 0 Å². The molecule has 0 saturated heterocycles. The fraction of sp³-hybridized carbons (Fsp3) is 0.385. The highest BCUT2D eigenvalue weighted by Gasteiger charge is 2.14. The van der Waals surface area contributed by atoms with Crippen molar-refractivity contribution in [3.63, 3.8) is 0 Å². The molecule has 0 heterocycles. The molecule has 2 amide bonds. The van der Waals surface area contributed by atoms with Crippen LogP contribution >= 0.6 is 15.9 Å². The number of amides is 2. The molecular weight excluding hydrogens is 312 g/mol. The Bertz CT molecular complexity index is 501. The monoisotopic (exact) mass is 328 g/mol. The zero-order valence-corrected chi connectivity index (χ0v) is 12.7. The van der Waals surface area contributed by atoms with Gasteiger partial charge in [0.25, 0.3) is 5.91 Å². The predicted octanol–water partition coefficient (Wildman–Crippen LogP) is 1.67. The van der Waals surface area contributed by atoms with E-state index in [2.05, 4.69) is 21.2 Å². The van der Waals surface area contributed by atoms with Gasteiger partial charge < -0.3 is 15.3 Å². The second-order valence-corrected chi connectivity index (χ2v) is 5.29. The Hall–Kier alpha value is -1.56. The predicted molar refractivity (Wildman–Crippen MR) is 76.2 cm³/mol. The SMILES string of the molecule is Cc1cc(Br)c(O)c(C(=O)NCCC(=O)N(C)C)c1. The van der Waals surface area contributed by atoms with Gasteiger partial charge in [-0.3, -0.25) is 9.59 Å². The summed E-state index contributed by atoms with van der Waals surface area (Å²) in [6, 6.07) is 3.32. The van der Waals surface area contributed by atoms with Gasteiger partial charge in [0, 0.05) is 27.1 Å². The maximum atomic E-state index is 11.9. The van der Waals surface area contributed by atoms with Crippen LogP contribution < -0.4 is 5.32 Å². The number of hydrogen-bond acceptors (Lipinski definition) is 3. The number of carbonyl (C=O) groups is 2. The van der Waals surface area contributed by atoms with Crippen molar-refractivity contribution in [3.05, 3.63) is 27.7 Å². The lowest BCUT2D eigenvalue weighted by atomic mass is 10.1. The number of hydrogen-bond donors (Lipinski definition) is 2. The van der Waals surface area contributed by atoms with E-state index >= 15 is 0 Å². The van der Waals surface area contributed by atoms with E-state index in [1.807, 2.05) is 6.92 Å². The third-order valence-corrected chi connectivity index (χ3v) is 3.18. The molecule has 1 aromatic rings. The number of nitrogens with one attached hydrogen (secondary N) is 1. The highest BCUT2D eigenvalue weighted by molar-refractivity contribution is 9.10. The second-order valence-electron chi connectivity index (χ2n) is 4.44. The average Bonchev–Trinajstić information content (AvgIpc) is 2.33. The minimum Gasteiger partial charge on any atom is -0.506 e. The number of nitrogens with zero attached hydrogens (tertiary/aromatic N) is 1. The van der Waals surface area contributed by atoms with E-state index in [9.17, 15) is 14.7 Å². The van der Waals surface area contributed by atoms with Crippen molar-refractivity contribution in [3.8, 4) is 5.75 Å². The van der Waals surface area contributed by atoms with Crippen LogP contribution in [0.5, 0.6) is 5.75 Å². The first-order chi connectivity index (χ1) is 8.82. The van der Waals surface area contributed by atoms with Crippen molar-refractivity contribution >= 4 is 27.7 Å². The maximum absolute atomic E-state index is 11.9. The average molecular weight is 329 g/mol. The molecule has 1 aromatic carbocycles. The number of carbonyl (C=O) groups excluding carboxylic acids is 2. The van der Waals surface area contributed by atoms with Gasteiger partial charge in [-0.1, -0.05) is 0 Å². The number of rotatable bonds is 4. The molecule has 6 heteroatoms. The molecule has 19 heavy (non-hydrogen) atoms. The van der Waals surface area contributed by atoms with Crippen molar-refractivity contribution in [2.45, 2.75) is 13.3 Å². The van der Waals surface area contributed by atoms with Gasteiger partial charge in [0.2, 0.25) is 5.91 Å². The van der Waals surface area contributed by atoms with Crippen LogP contribution in [-0.2, 0) is 4.79 Å². The van der Waals surface area contributed by atoms with E-state index < -0.39 is 5.91 Å². The summed E-state index contributed by atoms with van der Waals surface area (Å²) < 4.78 is 0.474. The molecule has 0 bridgehead atoms. The van der Waals surface area contributed by atoms with Gasteiger partial charge in [-0.25, -0.2) is 0 Å². The quantitative estimate of drug-likeness (QED) is 0.883.